The van der Waals surface area contributed by atoms with Gasteiger partial charge in [0.2, 0.25) is 0 Å². The first-order chi connectivity index (χ1) is 13.0. The molecule has 0 aromatic rings. The average Bonchev–Trinajstić information content (AvgIpc) is 3.34. The molecule has 2 saturated carbocycles. The zero-order chi connectivity index (χ0) is 19.0. The molecule has 0 radical (unpaired) electrons. The molecule has 4 rings (SSSR count). The lowest BCUT2D eigenvalue weighted by molar-refractivity contribution is -0.146. The Bertz CT molecular complexity index is 559. The standard InChI is InChI=1S/C22H35NO4/c24-16(9-8-14-4-1-2-5-14)10-11-17-18-12-15-6-3-7-19(22(26)27)23(15)20(18)13-21(17)25/h10-11,14-21,24-25H,1-9,12-13H2,(H,26,27)/t15?,16-,17-,18-,19?,20-,21-/m1/s1. The van der Waals surface area contributed by atoms with Gasteiger partial charge in [-0.3, -0.25) is 9.69 Å². The van der Waals surface area contributed by atoms with Crippen molar-refractivity contribution in [3.8, 4) is 0 Å². The summed E-state index contributed by atoms with van der Waals surface area (Å²) in [5.74, 6) is 0.448. The number of rotatable bonds is 6. The normalized spacial score (nSPS) is 41.1. The lowest BCUT2D eigenvalue weighted by Gasteiger charge is -2.38. The molecule has 152 valence electrons. The molecule has 3 N–H and O–H groups in total. The van der Waals surface area contributed by atoms with Gasteiger partial charge in [0.05, 0.1) is 12.2 Å². The van der Waals surface area contributed by atoms with Crippen molar-refractivity contribution in [1.29, 1.82) is 0 Å². The minimum Gasteiger partial charge on any atom is -0.480 e. The highest BCUT2D eigenvalue weighted by atomic mass is 16.4. The third-order valence-corrected chi connectivity index (χ3v) is 7.83. The number of aliphatic hydroxyl groups is 2. The molecule has 0 aromatic heterocycles. The Hall–Kier alpha value is -0.910. The van der Waals surface area contributed by atoms with Crippen LogP contribution in [0.4, 0.5) is 0 Å². The molecule has 5 nitrogen and oxygen atoms in total. The van der Waals surface area contributed by atoms with Gasteiger partial charge >= 0.3 is 5.97 Å². The zero-order valence-electron chi connectivity index (χ0n) is 16.2. The predicted molar refractivity (Wildman–Crippen MR) is 103 cm³/mol. The van der Waals surface area contributed by atoms with E-state index < -0.39 is 18.2 Å². The Balaban J connectivity index is 1.37. The Morgan fingerprint density at radius 1 is 1.11 bits per heavy atom. The maximum atomic E-state index is 11.7. The van der Waals surface area contributed by atoms with Crippen molar-refractivity contribution in [3.05, 3.63) is 12.2 Å². The Labute approximate surface area is 162 Å². The van der Waals surface area contributed by atoms with E-state index in [2.05, 4.69) is 4.90 Å². The molecular formula is C22H35NO4. The van der Waals surface area contributed by atoms with Gasteiger partial charge < -0.3 is 15.3 Å². The Kier molecular flexibility index (Phi) is 5.91. The number of carboxylic acid groups (broad SMARTS) is 1. The first-order valence-electron chi connectivity index (χ1n) is 11.1. The van der Waals surface area contributed by atoms with Crippen molar-refractivity contribution >= 4 is 5.97 Å². The number of carbonyl (C=O) groups is 1. The number of nitrogens with zero attached hydrogens (tertiary/aromatic N) is 1. The van der Waals surface area contributed by atoms with Crippen molar-refractivity contribution in [2.24, 2.45) is 17.8 Å². The fraction of sp³-hybridized carbons (Fsp3) is 0.864. The topological polar surface area (TPSA) is 81.0 Å². The second-order valence-electron chi connectivity index (χ2n) is 9.41. The van der Waals surface area contributed by atoms with Gasteiger partial charge in [-0.2, -0.15) is 0 Å². The van der Waals surface area contributed by atoms with Crippen LogP contribution in [0.5, 0.6) is 0 Å². The van der Waals surface area contributed by atoms with Crippen LogP contribution >= 0.6 is 0 Å². The van der Waals surface area contributed by atoms with E-state index in [1.807, 2.05) is 12.2 Å². The fourth-order valence-corrected chi connectivity index (χ4v) is 6.51. The molecule has 7 atom stereocenters. The molecule has 0 bridgehead atoms. The maximum absolute atomic E-state index is 11.7. The van der Waals surface area contributed by atoms with Gasteiger partial charge in [-0.05, 0) is 56.8 Å². The molecule has 27 heavy (non-hydrogen) atoms. The van der Waals surface area contributed by atoms with E-state index in [-0.39, 0.29) is 18.0 Å². The summed E-state index contributed by atoms with van der Waals surface area (Å²) in [5, 5.41) is 30.6. The summed E-state index contributed by atoms with van der Waals surface area (Å²) >= 11 is 0. The largest absolute Gasteiger partial charge is 0.480 e. The molecule has 2 heterocycles. The maximum Gasteiger partial charge on any atom is 0.320 e. The molecule has 2 aliphatic heterocycles. The summed E-state index contributed by atoms with van der Waals surface area (Å²) < 4.78 is 0. The van der Waals surface area contributed by atoms with E-state index in [1.165, 1.54) is 25.7 Å². The minimum atomic E-state index is -0.712. The molecule has 2 aliphatic carbocycles. The highest BCUT2D eigenvalue weighted by Crippen LogP contribution is 2.49. The smallest absolute Gasteiger partial charge is 0.320 e. The number of hydrogen-bond acceptors (Lipinski definition) is 4. The van der Waals surface area contributed by atoms with Gasteiger partial charge in [-0.15, -0.1) is 0 Å². The van der Waals surface area contributed by atoms with E-state index in [0.29, 0.717) is 18.4 Å². The van der Waals surface area contributed by atoms with E-state index in [1.54, 1.807) is 0 Å². The molecule has 2 saturated heterocycles. The van der Waals surface area contributed by atoms with Crippen LogP contribution in [0.25, 0.3) is 0 Å². The zero-order valence-corrected chi connectivity index (χ0v) is 16.2. The van der Waals surface area contributed by atoms with Crippen LogP contribution in [0.1, 0.15) is 70.6 Å². The number of carboxylic acids is 1. The van der Waals surface area contributed by atoms with Gasteiger partial charge in [-0.25, -0.2) is 0 Å². The van der Waals surface area contributed by atoms with Gasteiger partial charge in [0.15, 0.2) is 0 Å². The number of fused-ring (bicyclic) bond motifs is 3. The predicted octanol–water partition coefficient (Wildman–Crippen LogP) is 2.95. The third kappa shape index (κ3) is 3.96. The highest BCUT2D eigenvalue weighted by molar-refractivity contribution is 5.73. The van der Waals surface area contributed by atoms with Crippen LogP contribution in [0.2, 0.25) is 0 Å². The van der Waals surface area contributed by atoms with E-state index in [9.17, 15) is 20.1 Å². The van der Waals surface area contributed by atoms with Crippen LogP contribution in [0.15, 0.2) is 12.2 Å². The highest BCUT2D eigenvalue weighted by Gasteiger charge is 2.54. The number of aliphatic carboxylic acids is 1. The van der Waals surface area contributed by atoms with Gasteiger partial charge in [0.1, 0.15) is 6.04 Å². The van der Waals surface area contributed by atoms with E-state index in [0.717, 1.165) is 44.4 Å². The summed E-state index contributed by atoms with van der Waals surface area (Å²) in [7, 11) is 0. The number of hydrogen-bond donors (Lipinski definition) is 3. The summed E-state index contributed by atoms with van der Waals surface area (Å²) in [6.07, 6.45) is 14.7. The average molecular weight is 378 g/mol. The van der Waals surface area contributed by atoms with E-state index >= 15 is 0 Å². The summed E-state index contributed by atoms with van der Waals surface area (Å²) in [4.78, 5) is 13.9. The van der Waals surface area contributed by atoms with Crippen LogP contribution in [-0.2, 0) is 4.79 Å². The summed E-state index contributed by atoms with van der Waals surface area (Å²) in [6, 6.07) is 0.146. The molecule has 0 amide bonds. The third-order valence-electron chi connectivity index (χ3n) is 7.83. The molecule has 5 heteroatoms. The lowest BCUT2D eigenvalue weighted by Crippen LogP contribution is -2.51. The van der Waals surface area contributed by atoms with Crippen molar-refractivity contribution in [2.75, 3.05) is 0 Å². The first-order valence-corrected chi connectivity index (χ1v) is 11.1. The molecule has 0 spiro atoms. The van der Waals surface area contributed by atoms with Crippen LogP contribution < -0.4 is 0 Å². The fourth-order valence-electron chi connectivity index (χ4n) is 6.51. The van der Waals surface area contributed by atoms with Gasteiger partial charge in [0, 0.05) is 18.0 Å². The second kappa shape index (κ2) is 8.22. The summed E-state index contributed by atoms with van der Waals surface area (Å²) in [5.41, 5.74) is 0. The quantitative estimate of drug-likeness (QED) is 0.620. The lowest BCUT2D eigenvalue weighted by atomic mass is 9.88. The summed E-state index contributed by atoms with van der Waals surface area (Å²) in [6.45, 7) is 0. The number of piperidine rings is 1. The van der Waals surface area contributed by atoms with Crippen LogP contribution in [-0.4, -0.2) is 56.5 Å². The SMILES string of the molecule is O=C(O)C1CCCC2C[C@@H]3[C@@H](C=C[C@H](O)CCC4CCCC4)[C@H](O)C[C@H]3N21. The monoisotopic (exact) mass is 377 g/mol. The van der Waals surface area contributed by atoms with Crippen molar-refractivity contribution in [2.45, 2.75) is 101 Å². The second-order valence-corrected chi connectivity index (χ2v) is 9.41. The molecule has 4 fully saturated rings. The molecular weight excluding hydrogens is 342 g/mol. The molecule has 4 aliphatic rings. The number of aliphatic hydroxyl groups excluding tert-OH is 2. The Morgan fingerprint density at radius 3 is 2.63 bits per heavy atom. The van der Waals surface area contributed by atoms with Crippen LogP contribution in [0, 0.1) is 17.8 Å². The van der Waals surface area contributed by atoms with Gasteiger partial charge in [-0.1, -0.05) is 37.8 Å². The van der Waals surface area contributed by atoms with Crippen molar-refractivity contribution in [1.82, 2.24) is 4.90 Å². The van der Waals surface area contributed by atoms with Crippen molar-refractivity contribution in [3.63, 3.8) is 0 Å². The van der Waals surface area contributed by atoms with Crippen molar-refractivity contribution < 1.29 is 20.1 Å². The first kappa shape index (κ1) is 19.4. The van der Waals surface area contributed by atoms with Gasteiger partial charge in [0.25, 0.3) is 0 Å². The van der Waals surface area contributed by atoms with Crippen LogP contribution in [0.3, 0.4) is 0 Å². The molecule has 2 unspecified atom stereocenters. The Morgan fingerprint density at radius 2 is 1.89 bits per heavy atom. The van der Waals surface area contributed by atoms with E-state index in [4.69, 9.17) is 0 Å². The molecule has 0 aromatic carbocycles. The minimum absolute atomic E-state index is 0.0520.